The highest BCUT2D eigenvalue weighted by atomic mass is 19.1. The molecule has 10 nitrogen and oxygen atoms in total. The van der Waals surface area contributed by atoms with Gasteiger partial charge < -0.3 is 29.7 Å². The van der Waals surface area contributed by atoms with E-state index in [9.17, 15) is 9.18 Å². The quantitative estimate of drug-likeness (QED) is 0.382. The number of hydrogen-bond donors (Lipinski definition) is 2. The smallest absolute Gasteiger partial charge is 0.255 e. The number of amides is 1. The maximum absolute atomic E-state index is 14.0. The number of carbonyl (C=O) groups is 1. The molecule has 1 spiro atoms. The molecule has 0 atom stereocenters. The minimum absolute atomic E-state index is 0.0953. The molecule has 11 heteroatoms. The number of nitrogens with zero attached hydrogens (tertiary/aromatic N) is 5. The lowest BCUT2D eigenvalue weighted by atomic mass is 9.61. The molecule has 2 aromatic heterocycles. The summed E-state index contributed by atoms with van der Waals surface area (Å²) in [6.45, 7) is 9.14. The molecule has 3 fully saturated rings. The fourth-order valence-corrected chi connectivity index (χ4v) is 6.53. The fraction of sp³-hybridized carbons (Fsp3) is 0.529. The van der Waals surface area contributed by atoms with Crippen molar-refractivity contribution in [2.24, 2.45) is 5.41 Å². The van der Waals surface area contributed by atoms with Gasteiger partial charge in [-0.25, -0.2) is 14.4 Å². The molecule has 4 aliphatic rings. The third kappa shape index (κ3) is 7.04. The van der Waals surface area contributed by atoms with Crippen LogP contribution in [0.1, 0.15) is 74.5 Å². The summed E-state index contributed by atoms with van der Waals surface area (Å²) in [7, 11) is 2.13. The average molecular weight is 619 g/mol. The lowest BCUT2D eigenvalue weighted by molar-refractivity contribution is -0.0352. The molecular weight excluding hydrogens is 575 g/mol. The number of nitrogens with one attached hydrogen (secondary N) is 1. The molecule has 240 valence electrons. The number of ether oxygens (including phenoxy) is 2. The number of aromatic nitrogens is 3. The van der Waals surface area contributed by atoms with E-state index in [0.29, 0.717) is 11.6 Å². The number of fused-ring (bicyclic) bond motifs is 1. The molecule has 7 rings (SSSR count). The average Bonchev–Trinajstić information content (AvgIpc) is 2.94. The number of benzene rings is 1. The number of rotatable bonds is 7. The van der Waals surface area contributed by atoms with E-state index in [1.165, 1.54) is 36.5 Å². The van der Waals surface area contributed by atoms with Gasteiger partial charge in [0.1, 0.15) is 29.7 Å². The van der Waals surface area contributed by atoms with E-state index in [0.717, 1.165) is 69.7 Å². The van der Waals surface area contributed by atoms with Crippen molar-refractivity contribution in [3.63, 3.8) is 0 Å². The standard InChI is InChI=1S/C29H33FN6O3.C5H10O/c1-18(2)34-28(37)21-10-19(30)4-5-24(21)39-26-13-31-17-33-27(26)36-15-29(16-36)11-20(12-29)38-25-6-8-32-23-7-9-35(3)14-22(23)25;1-5(6)3-2-4-5/h4-6,8,10,13,17-18,20H,7,9,11-12,14-16H2,1-3H3,(H,34,37);6H,2-4H2,1H3. The van der Waals surface area contributed by atoms with Gasteiger partial charge in [-0.2, -0.15) is 0 Å². The highest BCUT2D eigenvalue weighted by Gasteiger charge is 2.54. The Hall–Kier alpha value is -3.83. The lowest BCUT2D eigenvalue weighted by Gasteiger charge is -2.59. The summed E-state index contributed by atoms with van der Waals surface area (Å²) in [4.78, 5) is 30.3. The molecule has 0 unspecified atom stereocenters. The Morgan fingerprint density at radius 2 is 1.89 bits per heavy atom. The van der Waals surface area contributed by atoms with Crippen LogP contribution in [-0.4, -0.2) is 75.3 Å². The normalized spacial score (nSPS) is 19.8. The Kier molecular flexibility index (Phi) is 8.67. The third-order valence-corrected chi connectivity index (χ3v) is 9.14. The summed E-state index contributed by atoms with van der Waals surface area (Å²) < 4.78 is 26.5. The Morgan fingerprint density at radius 1 is 1.13 bits per heavy atom. The van der Waals surface area contributed by atoms with Crippen molar-refractivity contribution in [3.05, 3.63) is 65.6 Å². The second-order valence-corrected chi connectivity index (χ2v) is 13.7. The number of hydrogen-bond acceptors (Lipinski definition) is 9. The number of aliphatic hydroxyl groups is 1. The molecule has 0 radical (unpaired) electrons. The molecule has 2 aliphatic heterocycles. The van der Waals surface area contributed by atoms with Crippen LogP contribution in [0.15, 0.2) is 43.0 Å². The first-order valence-electron chi connectivity index (χ1n) is 15.9. The van der Waals surface area contributed by atoms with E-state index in [2.05, 4.69) is 37.1 Å². The van der Waals surface area contributed by atoms with Gasteiger partial charge in [-0.05, 0) is 84.2 Å². The van der Waals surface area contributed by atoms with Crippen LogP contribution < -0.4 is 19.7 Å². The minimum atomic E-state index is -0.508. The van der Waals surface area contributed by atoms with Crippen molar-refractivity contribution >= 4 is 11.7 Å². The fourth-order valence-electron chi connectivity index (χ4n) is 6.53. The Morgan fingerprint density at radius 3 is 2.58 bits per heavy atom. The molecule has 2 saturated carbocycles. The summed E-state index contributed by atoms with van der Waals surface area (Å²) in [5, 5.41) is 11.7. The number of likely N-dealkylation sites (N-methyl/N-ethyl adjacent to an activating group) is 1. The molecule has 2 aliphatic carbocycles. The van der Waals surface area contributed by atoms with Crippen molar-refractivity contribution in [1.29, 1.82) is 0 Å². The van der Waals surface area contributed by atoms with Crippen LogP contribution >= 0.6 is 0 Å². The van der Waals surface area contributed by atoms with Gasteiger partial charge in [-0.1, -0.05) is 0 Å². The summed E-state index contributed by atoms with van der Waals surface area (Å²) in [5.41, 5.74) is 2.40. The van der Waals surface area contributed by atoms with Crippen molar-refractivity contribution in [3.8, 4) is 17.2 Å². The first kappa shape index (κ1) is 31.2. The van der Waals surface area contributed by atoms with Gasteiger partial charge in [0.25, 0.3) is 5.91 Å². The van der Waals surface area contributed by atoms with E-state index in [1.54, 1.807) is 6.20 Å². The van der Waals surface area contributed by atoms with Gasteiger partial charge >= 0.3 is 0 Å². The summed E-state index contributed by atoms with van der Waals surface area (Å²) >= 11 is 0. The summed E-state index contributed by atoms with van der Waals surface area (Å²) in [6, 6.07) is 5.81. The minimum Gasteiger partial charge on any atom is -0.490 e. The van der Waals surface area contributed by atoms with Crippen molar-refractivity contribution < 1.29 is 23.8 Å². The molecule has 1 amide bonds. The van der Waals surface area contributed by atoms with Crippen LogP contribution in [0.5, 0.6) is 17.2 Å². The Labute approximate surface area is 264 Å². The number of pyridine rings is 1. The summed E-state index contributed by atoms with van der Waals surface area (Å²) in [5.74, 6) is 1.40. The monoisotopic (exact) mass is 618 g/mol. The van der Waals surface area contributed by atoms with E-state index in [4.69, 9.17) is 14.6 Å². The van der Waals surface area contributed by atoms with Gasteiger partial charge in [0.05, 0.1) is 17.4 Å². The third-order valence-electron chi connectivity index (χ3n) is 9.14. The Bertz CT molecular complexity index is 1530. The highest BCUT2D eigenvalue weighted by molar-refractivity contribution is 5.97. The zero-order valence-electron chi connectivity index (χ0n) is 26.6. The first-order chi connectivity index (χ1) is 21.5. The number of halogens is 1. The van der Waals surface area contributed by atoms with Crippen LogP contribution in [0.4, 0.5) is 10.2 Å². The van der Waals surface area contributed by atoms with Gasteiger partial charge in [0.15, 0.2) is 11.6 Å². The molecular formula is C34H43FN6O4. The van der Waals surface area contributed by atoms with E-state index < -0.39 is 11.7 Å². The van der Waals surface area contributed by atoms with Gasteiger partial charge in [0, 0.05) is 61.5 Å². The zero-order valence-corrected chi connectivity index (χ0v) is 26.6. The molecule has 1 aromatic carbocycles. The van der Waals surface area contributed by atoms with Crippen molar-refractivity contribution in [1.82, 2.24) is 25.2 Å². The topological polar surface area (TPSA) is 113 Å². The van der Waals surface area contributed by atoms with Crippen LogP contribution in [0.2, 0.25) is 0 Å². The van der Waals surface area contributed by atoms with Crippen LogP contribution in [-0.2, 0) is 13.0 Å². The highest BCUT2D eigenvalue weighted by Crippen LogP contribution is 2.52. The number of anilines is 1. The number of carbonyl (C=O) groups excluding carboxylic acids is 1. The van der Waals surface area contributed by atoms with Crippen LogP contribution in [0.25, 0.3) is 0 Å². The van der Waals surface area contributed by atoms with Gasteiger partial charge in [0.2, 0.25) is 0 Å². The van der Waals surface area contributed by atoms with Crippen LogP contribution in [0, 0.1) is 11.2 Å². The molecule has 0 bridgehead atoms. The van der Waals surface area contributed by atoms with E-state index in [-0.39, 0.29) is 34.5 Å². The second-order valence-electron chi connectivity index (χ2n) is 13.7. The van der Waals surface area contributed by atoms with E-state index >= 15 is 0 Å². The Balaban J connectivity index is 0.000000535. The largest absolute Gasteiger partial charge is 0.490 e. The molecule has 45 heavy (non-hydrogen) atoms. The predicted molar refractivity (Wildman–Crippen MR) is 168 cm³/mol. The zero-order chi connectivity index (χ0) is 31.8. The second kappa shape index (κ2) is 12.5. The van der Waals surface area contributed by atoms with Gasteiger partial charge in [-0.15, -0.1) is 0 Å². The molecule has 3 aromatic rings. The maximum atomic E-state index is 14.0. The SMILES string of the molecule is CC(C)NC(=O)c1cc(F)ccc1Oc1cncnc1N1CC2(CC(Oc3ccnc4c3CN(C)CC4)C2)C1.CC1(O)CCC1. The van der Waals surface area contributed by atoms with Gasteiger partial charge in [-0.3, -0.25) is 9.78 Å². The lowest BCUT2D eigenvalue weighted by Crippen LogP contribution is -2.65. The maximum Gasteiger partial charge on any atom is 0.255 e. The van der Waals surface area contributed by atoms with E-state index in [1.807, 2.05) is 33.0 Å². The van der Waals surface area contributed by atoms with Crippen molar-refractivity contribution in [2.45, 2.75) is 83.6 Å². The molecule has 4 heterocycles. The molecule has 2 N–H and O–H groups in total. The predicted octanol–water partition coefficient (Wildman–Crippen LogP) is 4.90. The van der Waals surface area contributed by atoms with Crippen LogP contribution in [0.3, 0.4) is 0 Å². The van der Waals surface area contributed by atoms with Crippen molar-refractivity contribution in [2.75, 3.05) is 31.6 Å². The molecule has 1 saturated heterocycles. The first-order valence-corrected chi connectivity index (χ1v) is 15.9. The summed E-state index contributed by atoms with van der Waals surface area (Å²) in [6.07, 6.45) is 11.3.